The van der Waals surface area contributed by atoms with E-state index in [1.165, 1.54) is 0 Å². The van der Waals surface area contributed by atoms with Gasteiger partial charge in [-0.25, -0.2) is 4.79 Å². The minimum absolute atomic E-state index is 0.00278. The van der Waals surface area contributed by atoms with Crippen molar-refractivity contribution >= 4 is 11.7 Å². The number of carboxylic acids is 1. The van der Waals surface area contributed by atoms with Gasteiger partial charge >= 0.3 is 5.97 Å². The van der Waals surface area contributed by atoms with Gasteiger partial charge in [0.1, 0.15) is 0 Å². The molecule has 4 heteroatoms. The quantitative estimate of drug-likeness (QED) is 0.611. The molecule has 2 rings (SSSR count). The van der Waals surface area contributed by atoms with E-state index in [1.54, 1.807) is 12.1 Å². The Morgan fingerprint density at radius 2 is 2.36 bits per heavy atom. The van der Waals surface area contributed by atoms with E-state index in [2.05, 4.69) is 5.32 Å². The van der Waals surface area contributed by atoms with Gasteiger partial charge in [0, 0.05) is 18.3 Å². The number of nitrogens with two attached hydrogens (primary N) is 1. The molecule has 74 valence electrons. The van der Waals surface area contributed by atoms with E-state index < -0.39 is 5.97 Å². The Hall–Kier alpha value is -1.55. The fourth-order valence-corrected chi connectivity index (χ4v) is 1.75. The van der Waals surface area contributed by atoms with Gasteiger partial charge in [-0.05, 0) is 24.1 Å². The third-order valence-electron chi connectivity index (χ3n) is 2.43. The number of benzene rings is 1. The number of carbonyl (C=O) groups is 1. The summed E-state index contributed by atoms with van der Waals surface area (Å²) in [4.78, 5) is 10.9. The van der Waals surface area contributed by atoms with Crippen molar-refractivity contribution in [3.63, 3.8) is 0 Å². The number of carboxylic acid groups (broad SMARTS) is 1. The van der Waals surface area contributed by atoms with Gasteiger partial charge in [0.05, 0.1) is 5.56 Å². The lowest BCUT2D eigenvalue weighted by Crippen LogP contribution is -2.36. The fourth-order valence-electron chi connectivity index (χ4n) is 1.75. The zero-order valence-corrected chi connectivity index (χ0v) is 7.66. The van der Waals surface area contributed by atoms with Crippen LogP contribution >= 0.6 is 0 Å². The Morgan fingerprint density at radius 1 is 1.57 bits per heavy atom. The zero-order valence-electron chi connectivity index (χ0n) is 7.66. The Bertz CT molecular complexity index is 376. The Kier molecular flexibility index (Phi) is 2.13. The van der Waals surface area contributed by atoms with Crippen LogP contribution in [-0.2, 0) is 6.42 Å². The highest BCUT2D eigenvalue weighted by Crippen LogP contribution is 2.24. The summed E-state index contributed by atoms with van der Waals surface area (Å²) in [6.07, 6.45) is 0.630. The second-order valence-electron chi connectivity index (χ2n) is 3.48. The molecule has 0 unspecified atom stereocenters. The average Bonchev–Trinajstić information content (AvgIpc) is 2.16. The van der Waals surface area contributed by atoms with Crippen LogP contribution in [-0.4, -0.2) is 23.7 Å². The molecular weight excluding hydrogens is 180 g/mol. The van der Waals surface area contributed by atoms with Crippen molar-refractivity contribution in [2.75, 3.05) is 11.9 Å². The van der Waals surface area contributed by atoms with Crippen molar-refractivity contribution < 1.29 is 9.90 Å². The Labute approximate surface area is 81.7 Å². The second-order valence-corrected chi connectivity index (χ2v) is 3.48. The zero-order chi connectivity index (χ0) is 10.1. The molecule has 0 aromatic heterocycles. The molecule has 1 atom stereocenters. The van der Waals surface area contributed by atoms with E-state index in [0.717, 1.165) is 11.3 Å². The smallest absolute Gasteiger partial charge is 0.336 e. The van der Waals surface area contributed by atoms with Crippen LogP contribution in [0, 0.1) is 0 Å². The molecule has 0 saturated heterocycles. The molecule has 14 heavy (non-hydrogen) atoms. The third kappa shape index (κ3) is 1.44. The molecule has 0 saturated carbocycles. The largest absolute Gasteiger partial charge is 0.478 e. The first-order valence-electron chi connectivity index (χ1n) is 4.53. The molecule has 0 fully saturated rings. The molecule has 0 spiro atoms. The maximum absolute atomic E-state index is 10.9. The molecule has 4 N–H and O–H groups in total. The van der Waals surface area contributed by atoms with Crippen LogP contribution in [0.5, 0.6) is 0 Å². The van der Waals surface area contributed by atoms with Crippen LogP contribution in [0.25, 0.3) is 0 Å². The number of hydrogen-bond donors (Lipinski definition) is 3. The van der Waals surface area contributed by atoms with E-state index in [9.17, 15) is 4.79 Å². The summed E-state index contributed by atoms with van der Waals surface area (Å²) in [6.45, 7) is 0.704. The Morgan fingerprint density at radius 3 is 3.07 bits per heavy atom. The first kappa shape index (κ1) is 9.02. The van der Waals surface area contributed by atoms with E-state index >= 15 is 0 Å². The van der Waals surface area contributed by atoms with Crippen molar-refractivity contribution in [1.82, 2.24) is 0 Å². The van der Waals surface area contributed by atoms with E-state index in [4.69, 9.17) is 10.8 Å². The normalized spacial score (nSPS) is 19.6. The van der Waals surface area contributed by atoms with Gasteiger partial charge in [-0.1, -0.05) is 6.07 Å². The van der Waals surface area contributed by atoms with E-state index in [1.807, 2.05) is 6.07 Å². The van der Waals surface area contributed by atoms with Crippen molar-refractivity contribution in [1.29, 1.82) is 0 Å². The predicted octanol–water partition coefficient (Wildman–Crippen LogP) is 0.680. The molecule has 1 aromatic rings. The van der Waals surface area contributed by atoms with Crippen LogP contribution in [0.2, 0.25) is 0 Å². The van der Waals surface area contributed by atoms with Crippen molar-refractivity contribution in [3.8, 4) is 0 Å². The molecule has 4 nitrogen and oxygen atoms in total. The van der Waals surface area contributed by atoms with Gasteiger partial charge in [-0.3, -0.25) is 0 Å². The van der Waals surface area contributed by atoms with Crippen molar-refractivity contribution in [3.05, 3.63) is 29.3 Å². The highest BCUT2D eigenvalue weighted by atomic mass is 16.4. The average molecular weight is 192 g/mol. The van der Waals surface area contributed by atoms with E-state index in [0.29, 0.717) is 18.5 Å². The molecule has 0 bridgehead atoms. The SMILES string of the molecule is N[C@H]1CNc2cccc(C(=O)O)c2C1. The predicted molar refractivity (Wildman–Crippen MR) is 53.6 cm³/mol. The highest BCUT2D eigenvalue weighted by molar-refractivity contribution is 5.91. The van der Waals surface area contributed by atoms with Crippen LogP contribution in [0.4, 0.5) is 5.69 Å². The van der Waals surface area contributed by atoms with Crippen molar-refractivity contribution in [2.24, 2.45) is 5.73 Å². The molecular formula is C10H12N2O2. The first-order valence-corrected chi connectivity index (χ1v) is 4.53. The second kappa shape index (κ2) is 3.31. The number of nitrogens with one attached hydrogen (secondary N) is 1. The lowest BCUT2D eigenvalue weighted by molar-refractivity contribution is 0.0695. The molecule has 0 radical (unpaired) electrons. The van der Waals surface area contributed by atoms with Gasteiger partial charge in [0.2, 0.25) is 0 Å². The lowest BCUT2D eigenvalue weighted by Gasteiger charge is -2.24. The minimum atomic E-state index is -0.891. The van der Waals surface area contributed by atoms with Gasteiger partial charge in [-0.15, -0.1) is 0 Å². The number of aromatic carboxylic acids is 1. The van der Waals surface area contributed by atoms with Crippen LogP contribution in [0.15, 0.2) is 18.2 Å². The number of rotatable bonds is 1. The molecule has 0 amide bonds. The number of hydrogen-bond acceptors (Lipinski definition) is 3. The summed E-state index contributed by atoms with van der Waals surface area (Å²) >= 11 is 0. The Balaban J connectivity index is 2.48. The molecule has 1 aliphatic rings. The van der Waals surface area contributed by atoms with Crippen LogP contribution in [0.1, 0.15) is 15.9 Å². The van der Waals surface area contributed by atoms with Crippen LogP contribution in [0.3, 0.4) is 0 Å². The van der Waals surface area contributed by atoms with Gasteiger partial charge in [-0.2, -0.15) is 0 Å². The summed E-state index contributed by atoms with van der Waals surface area (Å²) < 4.78 is 0. The molecule has 1 aromatic carbocycles. The summed E-state index contributed by atoms with van der Waals surface area (Å²) in [5.41, 5.74) is 7.83. The van der Waals surface area contributed by atoms with Crippen molar-refractivity contribution in [2.45, 2.75) is 12.5 Å². The number of fused-ring (bicyclic) bond motifs is 1. The summed E-state index contributed by atoms with van der Waals surface area (Å²) in [5.74, 6) is -0.891. The van der Waals surface area contributed by atoms with Gasteiger partial charge in [0.25, 0.3) is 0 Å². The van der Waals surface area contributed by atoms with E-state index in [-0.39, 0.29) is 6.04 Å². The van der Waals surface area contributed by atoms with Gasteiger partial charge < -0.3 is 16.2 Å². The summed E-state index contributed by atoms with van der Waals surface area (Å²) in [6, 6.07) is 5.24. The topological polar surface area (TPSA) is 75.3 Å². The fraction of sp³-hybridized carbons (Fsp3) is 0.300. The standard InChI is InChI=1S/C10H12N2O2/c11-6-4-8-7(10(13)14)2-1-3-9(8)12-5-6/h1-3,6,12H,4-5,11H2,(H,13,14)/t6-/m1/s1. The molecule has 1 aliphatic heterocycles. The highest BCUT2D eigenvalue weighted by Gasteiger charge is 2.20. The first-order chi connectivity index (χ1) is 6.68. The van der Waals surface area contributed by atoms with Crippen LogP contribution < -0.4 is 11.1 Å². The third-order valence-corrected chi connectivity index (χ3v) is 2.43. The van der Waals surface area contributed by atoms with Gasteiger partial charge in [0.15, 0.2) is 0 Å². The summed E-state index contributed by atoms with van der Waals surface area (Å²) in [7, 11) is 0. The molecule has 0 aliphatic carbocycles. The maximum atomic E-state index is 10.9. The number of anilines is 1. The summed E-state index contributed by atoms with van der Waals surface area (Å²) in [5, 5.41) is 12.1. The minimum Gasteiger partial charge on any atom is -0.478 e. The lowest BCUT2D eigenvalue weighted by atomic mass is 9.95. The monoisotopic (exact) mass is 192 g/mol. The molecule has 1 heterocycles. The maximum Gasteiger partial charge on any atom is 0.336 e.